The first-order valence-electron chi connectivity index (χ1n) is 5.07. The zero-order chi connectivity index (χ0) is 13.0. The Labute approximate surface area is 108 Å². The van der Waals surface area contributed by atoms with Gasteiger partial charge >= 0.3 is 11.9 Å². The lowest BCUT2D eigenvalue weighted by Gasteiger charge is -2.11. The maximum absolute atomic E-state index is 11.7. The second-order valence-corrected chi connectivity index (χ2v) is 4.16. The Kier molecular flexibility index (Phi) is 4.69. The van der Waals surface area contributed by atoms with E-state index >= 15 is 0 Å². The minimum absolute atomic E-state index is 0.222. The first-order valence-corrected chi connectivity index (χ1v) is 5.86. The largest absolute Gasteiger partial charge is 0.465 e. The van der Waals surface area contributed by atoms with Gasteiger partial charge in [-0.25, -0.2) is 9.59 Å². The lowest BCUT2D eigenvalue weighted by Crippen LogP contribution is -2.14. The van der Waals surface area contributed by atoms with Gasteiger partial charge in [0.1, 0.15) is 0 Å². The molecule has 1 rings (SSSR count). The van der Waals surface area contributed by atoms with Crippen LogP contribution in [0.3, 0.4) is 0 Å². The van der Waals surface area contributed by atoms with Gasteiger partial charge in [0, 0.05) is 4.47 Å². The molecule has 92 valence electrons. The molecule has 0 N–H and O–H groups in total. The van der Waals surface area contributed by atoms with Crippen molar-refractivity contribution in [2.24, 2.45) is 0 Å². The van der Waals surface area contributed by atoms with Gasteiger partial charge in [0.05, 0.1) is 24.8 Å². The number of hydrogen-bond donors (Lipinski definition) is 0. The van der Waals surface area contributed by atoms with E-state index in [0.717, 1.165) is 4.47 Å². The van der Waals surface area contributed by atoms with Crippen molar-refractivity contribution in [1.29, 1.82) is 0 Å². The number of ether oxygens (including phenoxy) is 2. The van der Waals surface area contributed by atoms with Crippen LogP contribution in [0.4, 0.5) is 0 Å². The van der Waals surface area contributed by atoms with Crippen LogP contribution in [0.25, 0.3) is 0 Å². The summed E-state index contributed by atoms with van der Waals surface area (Å²) < 4.78 is 10.3. The summed E-state index contributed by atoms with van der Waals surface area (Å²) in [5.41, 5.74) is 1.11. The van der Waals surface area contributed by atoms with Gasteiger partial charge in [-0.1, -0.05) is 15.9 Å². The van der Waals surface area contributed by atoms with E-state index in [0.29, 0.717) is 5.56 Å². The van der Waals surface area contributed by atoms with E-state index in [2.05, 4.69) is 20.7 Å². The summed E-state index contributed by atoms with van der Waals surface area (Å²) in [6.07, 6.45) is 0. The van der Waals surface area contributed by atoms with Gasteiger partial charge in [-0.05, 0) is 31.5 Å². The van der Waals surface area contributed by atoms with Crippen LogP contribution in [0.1, 0.15) is 33.2 Å². The van der Waals surface area contributed by atoms with Crippen molar-refractivity contribution < 1.29 is 19.1 Å². The zero-order valence-electron chi connectivity index (χ0n) is 9.87. The van der Waals surface area contributed by atoms with Crippen molar-refractivity contribution in [3.05, 3.63) is 33.3 Å². The van der Waals surface area contributed by atoms with Crippen molar-refractivity contribution in [2.45, 2.75) is 13.8 Å². The number of methoxy groups -OCH3 is 1. The molecule has 1 aromatic carbocycles. The second-order valence-electron chi connectivity index (χ2n) is 3.31. The SMILES string of the molecule is CCOC(=O)c1ccc(Br)c(C)c1C(=O)OC. The number of benzene rings is 1. The maximum Gasteiger partial charge on any atom is 0.339 e. The van der Waals surface area contributed by atoms with Gasteiger partial charge in [0.15, 0.2) is 0 Å². The minimum atomic E-state index is -0.549. The molecule has 0 fully saturated rings. The van der Waals surface area contributed by atoms with E-state index in [1.54, 1.807) is 26.0 Å². The fraction of sp³-hybridized carbons (Fsp3) is 0.333. The third-order valence-electron chi connectivity index (χ3n) is 2.28. The van der Waals surface area contributed by atoms with Crippen molar-refractivity contribution in [3.63, 3.8) is 0 Å². The van der Waals surface area contributed by atoms with Crippen LogP contribution in [0.5, 0.6) is 0 Å². The van der Waals surface area contributed by atoms with Crippen LogP contribution in [-0.2, 0) is 9.47 Å². The van der Waals surface area contributed by atoms with Gasteiger partial charge in [-0.3, -0.25) is 0 Å². The lowest BCUT2D eigenvalue weighted by molar-refractivity contribution is 0.0503. The van der Waals surface area contributed by atoms with Gasteiger partial charge in [-0.15, -0.1) is 0 Å². The molecule has 4 nitrogen and oxygen atoms in total. The first-order chi connectivity index (χ1) is 8.02. The molecule has 0 aliphatic heterocycles. The Morgan fingerprint density at radius 3 is 2.47 bits per heavy atom. The molecule has 0 saturated heterocycles. The molecule has 0 atom stereocenters. The predicted octanol–water partition coefficient (Wildman–Crippen LogP) is 2.72. The normalized spacial score (nSPS) is 9.88. The van der Waals surface area contributed by atoms with E-state index < -0.39 is 11.9 Å². The number of rotatable bonds is 3. The van der Waals surface area contributed by atoms with Gasteiger partial charge < -0.3 is 9.47 Å². The number of carbonyl (C=O) groups excluding carboxylic acids is 2. The minimum Gasteiger partial charge on any atom is -0.465 e. The average molecular weight is 301 g/mol. The second kappa shape index (κ2) is 5.82. The van der Waals surface area contributed by atoms with Crippen molar-refractivity contribution >= 4 is 27.9 Å². The van der Waals surface area contributed by atoms with Crippen LogP contribution >= 0.6 is 15.9 Å². The molecule has 0 unspecified atom stereocenters. The topological polar surface area (TPSA) is 52.6 Å². The lowest BCUT2D eigenvalue weighted by atomic mass is 10.0. The quantitative estimate of drug-likeness (QED) is 0.806. The Hall–Kier alpha value is -1.36. The molecule has 0 aliphatic rings. The highest BCUT2D eigenvalue weighted by atomic mass is 79.9. The van der Waals surface area contributed by atoms with Crippen LogP contribution in [0.2, 0.25) is 0 Å². The highest BCUT2D eigenvalue weighted by molar-refractivity contribution is 9.10. The smallest absolute Gasteiger partial charge is 0.339 e. The summed E-state index contributed by atoms with van der Waals surface area (Å²) in [5, 5.41) is 0. The van der Waals surface area contributed by atoms with Crippen molar-refractivity contribution in [1.82, 2.24) is 0 Å². The summed E-state index contributed by atoms with van der Waals surface area (Å²) in [6, 6.07) is 3.25. The van der Waals surface area contributed by atoms with Crippen LogP contribution in [0.15, 0.2) is 16.6 Å². The third-order valence-corrected chi connectivity index (χ3v) is 3.14. The number of hydrogen-bond acceptors (Lipinski definition) is 4. The average Bonchev–Trinajstić information content (AvgIpc) is 2.31. The summed E-state index contributed by atoms with van der Waals surface area (Å²) in [4.78, 5) is 23.4. The number of halogens is 1. The Balaban J connectivity index is 3.35. The maximum atomic E-state index is 11.7. The van der Waals surface area contributed by atoms with E-state index in [-0.39, 0.29) is 17.7 Å². The molecule has 17 heavy (non-hydrogen) atoms. The molecule has 0 heterocycles. The van der Waals surface area contributed by atoms with E-state index in [4.69, 9.17) is 4.74 Å². The molecule has 1 aromatic rings. The Morgan fingerprint density at radius 1 is 1.29 bits per heavy atom. The zero-order valence-corrected chi connectivity index (χ0v) is 11.5. The number of carbonyl (C=O) groups is 2. The van der Waals surface area contributed by atoms with Crippen LogP contribution in [-0.4, -0.2) is 25.7 Å². The van der Waals surface area contributed by atoms with Gasteiger partial charge in [-0.2, -0.15) is 0 Å². The van der Waals surface area contributed by atoms with Crippen LogP contribution < -0.4 is 0 Å². The summed E-state index contributed by atoms with van der Waals surface area (Å²) in [7, 11) is 1.28. The fourth-order valence-corrected chi connectivity index (χ4v) is 1.76. The van der Waals surface area contributed by atoms with Crippen molar-refractivity contribution in [2.75, 3.05) is 13.7 Å². The standard InChI is InChI=1S/C12H13BrO4/c1-4-17-11(14)8-5-6-9(13)7(2)10(8)12(15)16-3/h5-6H,4H2,1-3H3. The Bertz CT molecular complexity index is 454. The first kappa shape index (κ1) is 13.7. The molecule has 0 saturated carbocycles. The highest BCUT2D eigenvalue weighted by Crippen LogP contribution is 2.24. The number of esters is 2. The highest BCUT2D eigenvalue weighted by Gasteiger charge is 2.22. The summed E-state index contributed by atoms with van der Waals surface area (Å²) >= 11 is 3.31. The van der Waals surface area contributed by atoms with E-state index in [1.807, 2.05) is 0 Å². The molecule has 0 radical (unpaired) electrons. The third kappa shape index (κ3) is 2.85. The van der Waals surface area contributed by atoms with E-state index in [1.165, 1.54) is 7.11 Å². The van der Waals surface area contributed by atoms with Crippen LogP contribution in [0, 0.1) is 6.92 Å². The van der Waals surface area contributed by atoms with E-state index in [9.17, 15) is 9.59 Å². The monoisotopic (exact) mass is 300 g/mol. The molecule has 0 spiro atoms. The molecule has 0 aliphatic carbocycles. The Morgan fingerprint density at radius 2 is 1.94 bits per heavy atom. The molecule has 0 aromatic heterocycles. The molecule has 5 heteroatoms. The van der Waals surface area contributed by atoms with Crippen molar-refractivity contribution in [3.8, 4) is 0 Å². The molecule has 0 bridgehead atoms. The summed E-state index contributed by atoms with van der Waals surface area (Å²) in [5.74, 6) is -1.07. The van der Waals surface area contributed by atoms with Gasteiger partial charge in [0.2, 0.25) is 0 Å². The summed E-state index contributed by atoms with van der Waals surface area (Å²) in [6.45, 7) is 3.70. The fourth-order valence-electron chi connectivity index (χ4n) is 1.43. The van der Waals surface area contributed by atoms with Gasteiger partial charge in [0.25, 0.3) is 0 Å². The molecule has 0 amide bonds. The molecular weight excluding hydrogens is 288 g/mol. The molecular formula is C12H13BrO4. The predicted molar refractivity (Wildman–Crippen MR) is 66.2 cm³/mol.